The van der Waals surface area contributed by atoms with Crippen LogP contribution in [0.5, 0.6) is 0 Å². The Balaban J connectivity index is 2.24. The van der Waals surface area contributed by atoms with Crippen molar-refractivity contribution in [3.63, 3.8) is 0 Å². The first-order chi connectivity index (χ1) is 8.38. The van der Waals surface area contributed by atoms with Crippen molar-refractivity contribution in [1.29, 1.82) is 0 Å². The molecule has 3 N–H and O–H groups in total. The molecule has 1 heterocycles. The van der Waals surface area contributed by atoms with Crippen LogP contribution in [-0.4, -0.2) is 44.7 Å². The third-order valence-electron chi connectivity index (χ3n) is 2.00. The largest absolute Gasteiger partial charge is 0.305 e. The lowest BCUT2D eigenvalue weighted by Gasteiger charge is -2.12. The third-order valence-corrected chi connectivity index (χ3v) is 3.41. The molecule has 1 rings (SSSR count). The number of amides is 1. The second-order valence-corrected chi connectivity index (χ2v) is 6.40. The molecule has 9 heteroatoms. The van der Waals surface area contributed by atoms with E-state index in [0.29, 0.717) is 11.7 Å². The summed E-state index contributed by atoms with van der Waals surface area (Å²) < 4.78 is 23.9. The topological polar surface area (TPSA) is 100 Å². The van der Waals surface area contributed by atoms with Crippen LogP contribution in [-0.2, 0) is 14.8 Å². The molecule has 1 atom stereocenters. The summed E-state index contributed by atoms with van der Waals surface area (Å²) in [5.41, 5.74) is 0. The molecule has 0 saturated carbocycles. The summed E-state index contributed by atoms with van der Waals surface area (Å²) in [4.78, 5) is 15.6. The van der Waals surface area contributed by atoms with Crippen LogP contribution in [0, 0.1) is 0 Å². The summed E-state index contributed by atoms with van der Waals surface area (Å²) in [5.74, 6) is -0.204. The Morgan fingerprint density at radius 1 is 1.50 bits per heavy atom. The highest BCUT2D eigenvalue weighted by molar-refractivity contribution is 7.88. The zero-order valence-electron chi connectivity index (χ0n) is 10.1. The van der Waals surface area contributed by atoms with E-state index in [-0.39, 0.29) is 12.5 Å². The van der Waals surface area contributed by atoms with Gasteiger partial charge in [0, 0.05) is 24.7 Å². The molecular formula is C9H16N4O3S2. The number of thiazole rings is 1. The molecular weight excluding hydrogens is 276 g/mol. The maximum Gasteiger partial charge on any atom is 0.243 e. The van der Waals surface area contributed by atoms with Gasteiger partial charge in [-0.15, -0.1) is 11.3 Å². The number of hydrogen-bond donors (Lipinski definition) is 3. The molecule has 102 valence electrons. The van der Waals surface area contributed by atoms with E-state index in [4.69, 9.17) is 0 Å². The predicted octanol–water partition coefficient (Wildman–Crippen LogP) is -0.391. The molecule has 0 spiro atoms. The fourth-order valence-corrected chi connectivity index (χ4v) is 2.12. The van der Waals surface area contributed by atoms with E-state index in [2.05, 4.69) is 20.3 Å². The van der Waals surface area contributed by atoms with Gasteiger partial charge >= 0.3 is 0 Å². The van der Waals surface area contributed by atoms with E-state index in [1.165, 1.54) is 11.3 Å². The molecule has 0 aliphatic rings. The summed E-state index contributed by atoms with van der Waals surface area (Å²) in [6.07, 6.45) is 2.69. The Labute approximate surface area is 110 Å². The Kier molecular flexibility index (Phi) is 5.66. The second kappa shape index (κ2) is 6.78. The van der Waals surface area contributed by atoms with Crippen LogP contribution >= 0.6 is 11.3 Å². The van der Waals surface area contributed by atoms with Crippen molar-refractivity contribution >= 4 is 32.4 Å². The van der Waals surface area contributed by atoms with Gasteiger partial charge in [-0.1, -0.05) is 0 Å². The zero-order chi connectivity index (χ0) is 13.6. The van der Waals surface area contributed by atoms with Gasteiger partial charge in [-0.25, -0.2) is 18.1 Å². The van der Waals surface area contributed by atoms with Crippen LogP contribution < -0.4 is 15.4 Å². The van der Waals surface area contributed by atoms with E-state index < -0.39 is 16.1 Å². The molecule has 1 aromatic heterocycles. The fraction of sp³-hybridized carbons (Fsp3) is 0.556. The quantitative estimate of drug-likeness (QED) is 0.594. The lowest BCUT2D eigenvalue weighted by Crippen LogP contribution is -2.41. The molecule has 0 bridgehead atoms. The van der Waals surface area contributed by atoms with Crippen LogP contribution in [0.3, 0.4) is 0 Å². The van der Waals surface area contributed by atoms with Crippen LogP contribution in [0.25, 0.3) is 0 Å². The summed E-state index contributed by atoms with van der Waals surface area (Å²) in [7, 11) is -3.18. The summed E-state index contributed by atoms with van der Waals surface area (Å²) in [5, 5.41) is 7.86. The highest BCUT2D eigenvalue weighted by atomic mass is 32.2. The molecule has 1 amide bonds. The van der Waals surface area contributed by atoms with Gasteiger partial charge in [0.05, 0.1) is 12.3 Å². The van der Waals surface area contributed by atoms with Gasteiger partial charge in [0.1, 0.15) is 0 Å². The van der Waals surface area contributed by atoms with Crippen LogP contribution in [0.15, 0.2) is 11.6 Å². The van der Waals surface area contributed by atoms with Crippen molar-refractivity contribution < 1.29 is 13.2 Å². The number of anilines is 1. The van der Waals surface area contributed by atoms with E-state index in [9.17, 15) is 13.2 Å². The Hall–Kier alpha value is -1.03. The molecule has 7 nitrogen and oxygen atoms in total. The Bertz CT molecular complexity index is 472. The second-order valence-electron chi connectivity index (χ2n) is 3.67. The molecule has 0 fully saturated rings. The minimum absolute atomic E-state index is 0.204. The lowest BCUT2D eigenvalue weighted by atomic mass is 10.3. The van der Waals surface area contributed by atoms with Crippen molar-refractivity contribution in [3.05, 3.63) is 11.6 Å². The Morgan fingerprint density at radius 2 is 2.22 bits per heavy atom. The smallest absolute Gasteiger partial charge is 0.243 e. The number of carbonyl (C=O) groups is 1. The highest BCUT2D eigenvalue weighted by Crippen LogP contribution is 2.10. The van der Waals surface area contributed by atoms with Crippen LogP contribution in [0.4, 0.5) is 5.13 Å². The molecule has 18 heavy (non-hydrogen) atoms. The van der Waals surface area contributed by atoms with Crippen LogP contribution in [0.1, 0.15) is 6.92 Å². The van der Waals surface area contributed by atoms with E-state index in [1.54, 1.807) is 18.5 Å². The van der Waals surface area contributed by atoms with E-state index in [1.807, 2.05) is 0 Å². The van der Waals surface area contributed by atoms with Crippen LogP contribution in [0.2, 0.25) is 0 Å². The minimum Gasteiger partial charge on any atom is -0.305 e. The van der Waals surface area contributed by atoms with Crippen molar-refractivity contribution in [3.8, 4) is 0 Å². The zero-order valence-corrected chi connectivity index (χ0v) is 11.8. The van der Waals surface area contributed by atoms with Crippen molar-refractivity contribution in [1.82, 2.24) is 15.0 Å². The van der Waals surface area contributed by atoms with E-state index >= 15 is 0 Å². The standard InChI is InChI=1S/C9H16N4O3S2/c1-7(10-3-4-12-18(2,15)16)8(14)13-9-11-5-6-17-9/h5-7,10,12H,3-4H2,1-2H3,(H,11,13,14)/t7-/m1/s1. The lowest BCUT2D eigenvalue weighted by molar-refractivity contribution is -0.117. The number of sulfonamides is 1. The third kappa shape index (κ3) is 6.05. The molecule has 0 unspecified atom stereocenters. The predicted molar refractivity (Wildman–Crippen MR) is 71.1 cm³/mol. The first kappa shape index (κ1) is 15.0. The highest BCUT2D eigenvalue weighted by Gasteiger charge is 2.13. The maximum absolute atomic E-state index is 11.7. The number of nitrogens with zero attached hydrogens (tertiary/aromatic N) is 1. The number of nitrogens with one attached hydrogen (secondary N) is 3. The molecule has 0 aliphatic carbocycles. The van der Waals surface area contributed by atoms with E-state index in [0.717, 1.165) is 6.26 Å². The van der Waals surface area contributed by atoms with Crippen molar-refractivity contribution in [2.24, 2.45) is 0 Å². The van der Waals surface area contributed by atoms with Gasteiger partial charge in [-0.2, -0.15) is 0 Å². The van der Waals surface area contributed by atoms with Gasteiger partial charge in [-0.05, 0) is 6.92 Å². The summed E-state index contributed by atoms with van der Waals surface area (Å²) in [6, 6.07) is -0.421. The number of carbonyl (C=O) groups excluding carboxylic acids is 1. The van der Waals surface area contributed by atoms with Crippen molar-refractivity contribution in [2.45, 2.75) is 13.0 Å². The van der Waals surface area contributed by atoms with Gasteiger partial charge in [0.25, 0.3) is 0 Å². The SMILES string of the molecule is C[C@@H](NCCNS(C)(=O)=O)C(=O)Nc1nccs1. The maximum atomic E-state index is 11.7. The molecule has 0 radical (unpaired) electrons. The monoisotopic (exact) mass is 292 g/mol. The normalized spacial score (nSPS) is 13.2. The first-order valence-electron chi connectivity index (χ1n) is 5.27. The molecule has 0 aliphatic heterocycles. The van der Waals surface area contributed by atoms with Gasteiger partial charge in [0.15, 0.2) is 5.13 Å². The number of hydrogen-bond acceptors (Lipinski definition) is 6. The Morgan fingerprint density at radius 3 is 2.78 bits per heavy atom. The fourth-order valence-electron chi connectivity index (χ4n) is 1.12. The number of rotatable bonds is 7. The molecule has 0 saturated heterocycles. The summed E-state index contributed by atoms with van der Waals surface area (Å²) in [6.45, 7) is 2.32. The minimum atomic E-state index is -3.18. The van der Waals surface area contributed by atoms with Gasteiger partial charge < -0.3 is 10.6 Å². The number of aromatic nitrogens is 1. The average molecular weight is 292 g/mol. The first-order valence-corrected chi connectivity index (χ1v) is 8.04. The molecule has 1 aromatic rings. The van der Waals surface area contributed by atoms with Gasteiger partial charge in [0.2, 0.25) is 15.9 Å². The van der Waals surface area contributed by atoms with Gasteiger partial charge in [-0.3, -0.25) is 4.79 Å². The molecule has 0 aromatic carbocycles. The average Bonchev–Trinajstić information content (AvgIpc) is 2.75. The summed E-state index contributed by atoms with van der Waals surface area (Å²) >= 11 is 1.34. The van der Waals surface area contributed by atoms with Crippen molar-refractivity contribution in [2.75, 3.05) is 24.7 Å².